The van der Waals surface area contributed by atoms with Crippen molar-refractivity contribution >= 4 is 0 Å². The SMILES string of the molecule is CC.C[C@H]1CCCCC1(F)F. The minimum atomic E-state index is -2.36. The van der Waals surface area contributed by atoms with Gasteiger partial charge in [0.1, 0.15) is 0 Å². The molecule has 1 saturated carbocycles. The Labute approximate surface area is 68.0 Å². The molecule has 0 heterocycles. The molecule has 1 rings (SSSR count). The molecular formula is C9H18F2. The summed E-state index contributed by atoms with van der Waals surface area (Å²) in [5, 5.41) is 0. The first kappa shape index (κ1) is 10.9. The van der Waals surface area contributed by atoms with Gasteiger partial charge in [-0.3, -0.25) is 0 Å². The Balaban J connectivity index is 0.000000461. The van der Waals surface area contributed by atoms with Crippen molar-refractivity contribution in [2.75, 3.05) is 0 Å². The predicted molar refractivity (Wildman–Crippen MR) is 43.9 cm³/mol. The predicted octanol–water partition coefficient (Wildman–Crippen LogP) is 3.86. The molecule has 0 radical (unpaired) electrons. The number of alkyl halides is 2. The Morgan fingerprint density at radius 2 is 1.73 bits per heavy atom. The number of hydrogen-bond donors (Lipinski definition) is 0. The first-order valence-electron chi connectivity index (χ1n) is 4.51. The van der Waals surface area contributed by atoms with Gasteiger partial charge in [-0.2, -0.15) is 0 Å². The summed E-state index contributed by atoms with van der Waals surface area (Å²) in [6.45, 7) is 5.64. The molecule has 0 aromatic heterocycles. The second-order valence-corrected chi connectivity index (χ2v) is 2.91. The molecule has 1 fully saturated rings. The van der Waals surface area contributed by atoms with E-state index >= 15 is 0 Å². The van der Waals surface area contributed by atoms with E-state index in [9.17, 15) is 8.78 Å². The first-order chi connectivity index (χ1) is 5.13. The van der Waals surface area contributed by atoms with Gasteiger partial charge in [-0.25, -0.2) is 8.78 Å². The Hall–Kier alpha value is -0.140. The van der Waals surface area contributed by atoms with Crippen LogP contribution >= 0.6 is 0 Å². The zero-order valence-electron chi connectivity index (χ0n) is 7.66. The van der Waals surface area contributed by atoms with E-state index in [1.54, 1.807) is 6.92 Å². The molecule has 68 valence electrons. The van der Waals surface area contributed by atoms with Crippen molar-refractivity contribution in [1.82, 2.24) is 0 Å². The first-order valence-corrected chi connectivity index (χ1v) is 4.51. The molecule has 0 nitrogen and oxygen atoms in total. The van der Waals surface area contributed by atoms with Gasteiger partial charge in [-0.05, 0) is 12.8 Å². The molecule has 0 N–H and O–H groups in total. The van der Waals surface area contributed by atoms with E-state index in [4.69, 9.17) is 0 Å². The molecule has 2 heteroatoms. The lowest BCUT2D eigenvalue weighted by Crippen LogP contribution is -2.29. The van der Waals surface area contributed by atoms with Gasteiger partial charge in [0, 0.05) is 12.3 Å². The average molecular weight is 164 g/mol. The van der Waals surface area contributed by atoms with E-state index in [1.165, 1.54) is 0 Å². The van der Waals surface area contributed by atoms with Crippen LogP contribution in [0.1, 0.15) is 46.5 Å². The maximum Gasteiger partial charge on any atom is 0.250 e. The fourth-order valence-electron chi connectivity index (χ4n) is 1.27. The van der Waals surface area contributed by atoms with Gasteiger partial charge < -0.3 is 0 Å². The van der Waals surface area contributed by atoms with Crippen LogP contribution in [0.3, 0.4) is 0 Å². The molecule has 0 spiro atoms. The molecule has 0 aromatic carbocycles. The Kier molecular flexibility index (Phi) is 4.62. The summed E-state index contributed by atoms with van der Waals surface area (Å²) in [7, 11) is 0. The highest BCUT2D eigenvalue weighted by molar-refractivity contribution is 4.77. The number of hydrogen-bond acceptors (Lipinski definition) is 0. The van der Waals surface area contributed by atoms with Crippen molar-refractivity contribution < 1.29 is 8.78 Å². The van der Waals surface area contributed by atoms with Crippen molar-refractivity contribution in [1.29, 1.82) is 0 Å². The fourth-order valence-corrected chi connectivity index (χ4v) is 1.27. The lowest BCUT2D eigenvalue weighted by Gasteiger charge is -2.27. The van der Waals surface area contributed by atoms with Crippen molar-refractivity contribution in [2.24, 2.45) is 5.92 Å². The summed E-state index contributed by atoms with van der Waals surface area (Å²) in [4.78, 5) is 0. The minimum Gasteiger partial charge on any atom is -0.207 e. The van der Waals surface area contributed by atoms with E-state index < -0.39 is 5.92 Å². The van der Waals surface area contributed by atoms with Crippen molar-refractivity contribution in [2.45, 2.75) is 52.4 Å². The van der Waals surface area contributed by atoms with Gasteiger partial charge in [-0.15, -0.1) is 0 Å². The third kappa shape index (κ3) is 3.17. The smallest absolute Gasteiger partial charge is 0.207 e. The monoisotopic (exact) mass is 164 g/mol. The third-order valence-electron chi connectivity index (χ3n) is 2.12. The lowest BCUT2D eigenvalue weighted by molar-refractivity contribution is -0.0783. The lowest BCUT2D eigenvalue weighted by atomic mass is 9.87. The van der Waals surface area contributed by atoms with Crippen LogP contribution < -0.4 is 0 Å². The fraction of sp³-hybridized carbons (Fsp3) is 1.00. The zero-order chi connectivity index (χ0) is 8.91. The van der Waals surface area contributed by atoms with Crippen molar-refractivity contribution in [3.63, 3.8) is 0 Å². The van der Waals surface area contributed by atoms with Crippen LogP contribution in [0.5, 0.6) is 0 Å². The van der Waals surface area contributed by atoms with Crippen LogP contribution in [0.15, 0.2) is 0 Å². The normalized spacial score (nSPS) is 28.6. The molecule has 0 saturated heterocycles. The number of halogens is 2. The molecule has 0 unspecified atom stereocenters. The second-order valence-electron chi connectivity index (χ2n) is 2.91. The topological polar surface area (TPSA) is 0 Å². The molecule has 0 bridgehead atoms. The largest absolute Gasteiger partial charge is 0.250 e. The molecule has 0 amide bonds. The summed E-state index contributed by atoms with van der Waals surface area (Å²) in [5.41, 5.74) is 0. The Bertz CT molecular complexity index is 99.7. The van der Waals surface area contributed by atoms with Gasteiger partial charge >= 0.3 is 0 Å². The van der Waals surface area contributed by atoms with Gasteiger partial charge in [0.15, 0.2) is 0 Å². The van der Waals surface area contributed by atoms with E-state index in [0.29, 0.717) is 12.8 Å². The molecule has 11 heavy (non-hydrogen) atoms. The molecule has 1 atom stereocenters. The summed E-state index contributed by atoms with van der Waals surface area (Å²) >= 11 is 0. The highest BCUT2D eigenvalue weighted by Crippen LogP contribution is 2.37. The third-order valence-corrected chi connectivity index (χ3v) is 2.12. The molecule has 1 aliphatic carbocycles. The van der Waals surface area contributed by atoms with Crippen LogP contribution in [-0.4, -0.2) is 5.92 Å². The summed E-state index contributed by atoms with van der Waals surface area (Å²) in [5.74, 6) is -2.75. The van der Waals surface area contributed by atoms with Gasteiger partial charge in [-0.1, -0.05) is 27.2 Å². The van der Waals surface area contributed by atoms with Crippen LogP contribution in [0.2, 0.25) is 0 Å². The highest BCUT2D eigenvalue weighted by Gasteiger charge is 2.37. The van der Waals surface area contributed by atoms with E-state index in [0.717, 1.165) is 6.42 Å². The molecule has 0 aliphatic heterocycles. The Morgan fingerprint density at radius 3 is 2.00 bits per heavy atom. The van der Waals surface area contributed by atoms with E-state index in [2.05, 4.69) is 0 Å². The van der Waals surface area contributed by atoms with Gasteiger partial charge in [0.2, 0.25) is 0 Å². The highest BCUT2D eigenvalue weighted by atomic mass is 19.3. The van der Waals surface area contributed by atoms with Crippen molar-refractivity contribution in [3.05, 3.63) is 0 Å². The average Bonchev–Trinajstić information content (AvgIpc) is 2.00. The second kappa shape index (κ2) is 4.68. The van der Waals surface area contributed by atoms with Crippen LogP contribution in [0.4, 0.5) is 8.78 Å². The molecule has 1 aliphatic rings. The van der Waals surface area contributed by atoms with Gasteiger partial charge in [0.25, 0.3) is 5.92 Å². The standard InChI is InChI=1S/C7H12F2.C2H6/c1-6-4-2-3-5-7(6,8)9;1-2/h6H,2-5H2,1H3;1-2H3/t6-;/m0./s1. The number of rotatable bonds is 0. The molecular weight excluding hydrogens is 146 g/mol. The van der Waals surface area contributed by atoms with E-state index in [1.807, 2.05) is 13.8 Å². The maximum atomic E-state index is 12.6. The molecule has 0 aromatic rings. The Morgan fingerprint density at radius 1 is 1.18 bits per heavy atom. The van der Waals surface area contributed by atoms with Crippen LogP contribution in [0.25, 0.3) is 0 Å². The van der Waals surface area contributed by atoms with Crippen molar-refractivity contribution in [3.8, 4) is 0 Å². The summed E-state index contributed by atoms with van der Waals surface area (Å²) < 4.78 is 25.2. The van der Waals surface area contributed by atoms with E-state index in [-0.39, 0.29) is 12.3 Å². The zero-order valence-corrected chi connectivity index (χ0v) is 7.66. The summed E-state index contributed by atoms with van der Waals surface area (Å²) in [6.07, 6.45) is 2.50. The van der Waals surface area contributed by atoms with Gasteiger partial charge in [0.05, 0.1) is 0 Å². The quantitative estimate of drug-likeness (QED) is 0.510. The maximum absolute atomic E-state index is 12.6. The minimum absolute atomic E-state index is 0.105. The summed E-state index contributed by atoms with van der Waals surface area (Å²) in [6, 6.07) is 0. The van der Waals surface area contributed by atoms with Crippen LogP contribution in [-0.2, 0) is 0 Å². The van der Waals surface area contributed by atoms with Crippen LogP contribution in [0, 0.1) is 5.92 Å².